The van der Waals surface area contributed by atoms with E-state index in [1.165, 1.54) is 34.6 Å². The van der Waals surface area contributed by atoms with Crippen LogP contribution in [0.25, 0.3) is 0 Å². The Hall–Kier alpha value is -1.87. The summed E-state index contributed by atoms with van der Waals surface area (Å²) in [6.07, 6.45) is -1.74. The molecular formula is C16H19F3N2O3S. The molecule has 0 atom stereocenters. The molecule has 2 rings (SSSR count). The van der Waals surface area contributed by atoms with Gasteiger partial charge in [-0.3, -0.25) is 4.79 Å². The molecule has 0 aliphatic carbocycles. The molecule has 0 bridgehead atoms. The van der Waals surface area contributed by atoms with Crippen LogP contribution in [0.2, 0.25) is 0 Å². The van der Waals surface area contributed by atoms with Crippen LogP contribution in [-0.4, -0.2) is 55.9 Å². The summed E-state index contributed by atoms with van der Waals surface area (Å²) in [4.78, 5) is 12.9. The maximum absolute atomic E-state index is 12.6. The Labute approximate surface area is 144 Å². The highest BCUT2D eigenvalue weighted by molar-refractivity contribution is 7.89. The molecule has 0 saturated carbocycles. The van der Waals surface area contributed by atoms with E-state index in [0.29, 0.717) is 18.0 Å². The average molecular weight is 376 g/mol. The number of rotatable bonds is 6. The summed E-state index contributed by atoms with van der Waals surface area (Å²) in [5.41, 5.74) is -0.00790. The Bertz CT molecular complexity index is 724. The Morgan fingerprint density at radius 1 is 1.20 bits per heavy atom. The van der Waals surface area contributed by atoms with Crippen molar-refractivity contribution in [3.63, 3.8) is 0 Å². The highest BCUT2D eigenvalue weighted by Gasteiger charge is 2.33. The molecule has 0 unspecified atom stereocenters. The van der Waals surface area contributed by atoms with Crippen molar-refractivity contribution in [1.29, 1.82) is 0 Å². The van der Waals surface area contributed by atoms with Crippen LogP contribution in [0.3, 0.4) is 0 Å². The number of nitrogens with zero attached hydrogens (tertiary/aromatic N) is 2. The van der Waals surface area contributed by atoms with Crippen molar-refractivity contribution >= 4 is 15.9 Å². The lowest BCUT2D eigenvalue weighted by Crippen LogP contribution is -2.39. The lowest BCUT2D eigenvalue weighted by molar-refractivity contribution is -0.139. The van der Waals surface area contributed by atoms with Gasteiger partial charge in [0.25, 0.3) is 5.91 Å². The summed E-state index contributed by atoms with van der Waals surface area (Å²) in [5.74, 6) is -0.831. The van der Waals surface area contributed by atoms with Crippen LogP contribution < -0.4 is 0 Å². The number of halogens is 3. The fourth-order valence-electron chi connectivity index (χ4n) is 2.62. The third-order valence-corrected chi connectivity index (χ3v) is 5.72. The summed E-state index contributed by atoms with van der Waals surface area (Å²) < 4.78 is 63.9. The number of hydrogen-bond donors (Lipinski definition) is 0. The number of alkyl halides is 3. The smallest absolute Gasteiger partial charge is 0.326 e. The van der Waals surface area contributed by atoms with Crippen molar-refractivity contribution in [1.82, 2.24) is 9.21 Å². The second-order valence-corrected chi connectivity index (χ2v) is 7.66. The van der Waals surface area contributed by atoms with Crippen molar-refractivity contribution < 1.29 is 26.4 Å². The lowest BCUT2D eigenvalue weighted by Gasteiger charge is -2.22. The van der Waals surface area contributed by atoms with Gasteiger partial charge in [-0.25, -0.2) is 8.42 Å². The van der Waals surface area contributed by atoms with Crippen molar-refractivity contribution in [2.45, 2.75) is 23.9 Å². The first kappa shape index (κ1) is 19.5. The molecule has 25 heavy (non-hydrogen) atoms. The lowest BCUT2D eigenvalue weighted by atomic mass is 10.2. The van der Waals surface area contributed by atoms with E-state index in [1.807, 2.05) is 0 Å². The first-order valence-electron chi connectivity index (χ1n) is 7.72. The van der Waals surface area contributed by atoms with Crippen LogP contribution in [0.1, 0.15) is 23.2 Å². The van der Waals surface area contributed by atoms with Gasteiger partial charge < -0.3 is 4.90 Å². The van der Waals surface area contributed by atoms with Crippen molar-refractivity contribution in [2.75, 3.05) is 26.2 Å². The van der Waals surface area contributed by atoms with Gasteiger partial charge in [0.1, 0.15) is 6.54 Å². The van der Waals surface area contributed by atoms with Crippen LogP contribution in [0.5, 0.6) is 0 Å². The van der Waals surface area contributed by atoms with E-state index < -0.39 is 28.7 Å². The summed E-state index contributed by atoms with van der Waals surface area (Å²) in [6.45, 7) is 2.59. The minimum Gasteiger partial charge on any atom is -0.326 e. The quantitative estimate of drug-likeness (QED) is 0.718. The van der Waals surface area contributed by atoms with Gasteiger partial charge in [-0.05, 0) is 37.1 Å². The third kappa shape index (κ3) is 4.82. The number of amides is 1. The van der Waals surface area contributed by atoms with E-state index in [4.69, 9.17) is 0 Å². The molecule has 0 radical (unpaired) electrons. The van der Waals surface area contributed by atoms with Gasteiger partial charge in [0.05, 0.1) is 4.90 Å². The van der Waals surface area contributed by atoms with Crippen LogP contribution in [0.15, 0.2) is 41.8 Å². The van der Waals surface area contributed by atoms with Crippen LogP contribution in [-0.2, 0) is 10.0 Å². The SMILES string of the molecule is C=CCN(CC(F)(F)F)C(=O)c1ccc(S(=O)(=O)N2CCCC2)cc1. The predicted octanol–water partition coefficient (Wildman–Crippen LogP) is 2.66. The van der Waals surface area contributed by atoms with Gasteiger partial charge in [-0.1, -0.05) is 6.08 Å². The molecule has 1 aliphatic heterocycles. The van der Waals surface area contributed by atoms with E-state index in [9.17, 15) is 26.4 Å². The van der Waals surface area contributed by atoms with E-state index in [0.717, 1.165) is 12.8 Å². The number of sulfonamides is 1. The van der Waals surface area contributed by atoms with Crippen molar-refractivity contribution in [3.05, 3.63) is 42.5 Å². The first-order valence-corrected chi connectivity index (χ1v) is 9.16. The monoisotopic (exact) mass is 376 g/mol. The highest BCUT2D eigenvalue weighted by Crippen LogP contribution is 2.22. The summed E-state index contributed by atoms with van der Waals surface area (Å²) in [5, 5.41) is 0. The molecule has 0 N–H and O–H groups in total. The Balaban J connectivity index is 2.20. The molecule has 0 spiro atoms. The molecule has 1 aliphatic rings. The Kier molecular flexibility index (Phi) is 5.89. The van der Waals surface area contributed by atoms with E-state index in [-0.39, 0.29) is 17.0 Å². The third-order valence-electron chi connectivity index (χ3n) is 3.81. The zero-order valence-corrected chi connectivity index (χ0v) is 14.3. The second-order valence-electron chi connectivity index (χ2n) is 5.73. The van der Waals surface area contributed by atoms with E-state index >= 15 is 0 Å². The summed E-state index contributed by atoms with van der Waals surface area (Å²) >= 11 is 0. The molecule has 5 nitrogen and oxygen atoms in total. The normalized spacial score (nSPS) is 16.0. The molecule has 1 aromatic rings. The Morgan fingerprint density at radius 3 is 2.24 bits per heavy atom. The predicted molar refractivity (Wildman–Crippen MR) is 86.6 cm³/mol. The van der Waals surface area contributed by atoms with Gasteiger partial charge in [-0.2, -0.15) is 17.5 Å². The topological polar surface area (TPSA) is 57.7 Å². The fraction of sp³-hybridized carbons (Fsp3) is 0.438. The highest BCUT2D eigenvalue weighted by atomic mass is 32.2. The molecular weight excluding hydrogens is 357 g/mol. The maximum Gasteiger partial charge on any atom is 0.406 e. The van der Waals surface area contributed by atoms with Crippen molar-refractivity contribution in [2.24, 2.45) is 0 Å². The van der Waals surface area contributed by atoms with Gasteiger partial charge in [0.2, 0.25) is 10.0 Å². The van der Waals surface area contributed by atoms with Crippen LogP contribution in [0.4, 0.5) is 13.2 Å². The van der Waals surface area contributed by atoms with Gasteiger partial charge in [0, 0.05) is 25.2 Å². The largest absolute Gasteiger partial charge is 0.406 e. The standard InChI is InChI=1S/C16H19F3N2O3S/c1-2-9-20(12-16(17,18)19)15(22)13-5-7-14(8-6-13)25(23,24)21-10-3-4-11-21/h2,5-8H,1,3-4,9-12H2. The molecule has 1 aromatic carbocycles. The van der Waals surface area contributed by atoms with Gasteiger partial charge in [-0.15, -0.1) is 6.58 Å². The molecule has 138 valence electrons. The average Bonchev–Trinajstić information content (AvgIpc) is 3.08. The summed E-state index contributed by atoms with van der Waals surface area (Å²) in [6, 6.07) is 4.97. The number of carbonyl (C=O) groups excluding carboxylic acids is 1. The molecule has 9 heteroatoms. The molecule has 1 heterocycles. The van der Waals surface area contributed by atoms with Crippen LogP contribution in [0, 0.1) is 0 Å². The zero-order valence-electron chi connectivity index (χ0n) is 13.5. The van der Waals surface area contributed by atoms with E-state index in [2.05, 4.69) is 6.58 Å². The minimum atomic E-state index is -4.53. The summed E-state index contributed by atoms with van der Waals surface area (Å²) in [7, 11) is -3.63. The molecule has 1 saturated heterocycles. The number of benzene rings is 1. The van der Waals surface area contributed by atoms with Crippen molar-refractivity contribution in [3.8, 4) is 0 Å². The van der Waals surface area contributed by atoms with E-state index in [1.54, 1.807) is 0 Å². The molecule has 0 aromatic heterocycles. The second kappa shape index (κ2) is 7.57. The van der Waals surface area contributed by atoms with Gasteiger partial charge in [0.15, 0.2) is 0 Å². The minimum absolute atomic E-state index is 0.00790. The molecule has 1 fully saturated rings. The first-order chi connectivity index (χ1) is 11.6. The number of carbonyl (C=O) groups is 1. The Morgan fingerprint density at radius 2 is 1.76 bits per heavy atom. The zero-order chi connectivity index (χ0) is 18.7. The van der Waals surface area contributed by atoms with Crippen LogP contribution >= 0.6 is 0 Å². The number of hydrogen-bond acceptors (Lipinski definition) is 3. The van der Waals surface area contributed by atoms with Gasteiger partial charge >= 0.3 is 6.18 Å². The maximum atomic E-state index is 12.6. The molecule has 1 amide bonds. The fourth-order valence-corrected chi connectivity index (χ4v) is 4.14.